The predicted octanol–water partition coefficient (Wildman–Crippen LogP) is 4.34. The highest BCUT2D eigenvalue weighted by Gasteiger charge is 1.98. The third kappa shape index (κ3) is 9.06. The van der Waals surface area contributed by atoms with Crippen LogP contribution < -0.4 is 4.74 Å². The number of benzene rings is 1. The Balaban J connectivity index is 0.000000873. The highest BCUT2D eigenvalue weighted by Crippen LogP contribution is 2.14. The second kappa shape index (κ2) is 11.1. The number of ether oxygens (including phenoxy) is 1. The molecular formula is C16H29NO. The Morgan fingerprint density at radius 3 is 2.33 bits per heavy atom. The van der Waals surface area contributed by atoms with Crippen LogP contribution in [0.3, 0.4) is 0 Å². The van der Waals surface area contributed by atoms with Gasteiger partial charge in [-0.15, -0.1) is 0 Å². The lowest BCUT2D eigenvalue weighted by Gasteiger charge is -2.11. The molecule has 1 rings (SSSR count). The summed E-state index contributed by atoms with van der Waals surface area (Å²) in [5, 5.41) is 0. The summed E-state index contributed by atoms with van der Waals surface area (Å²) in [6, 6.07) is 8.33. The molecule has 0 heterocycles. The molecule has 0 spiro atoms. The van der Waals surface area contributed by atoms with Crippen LogP contribution in [0.4, 0.5) is 0 Å². The highest BCUT2D eigenvalue weighted by molar-refractivity contribution is 5.28. The van der Waals surface area contributed by atoms with Crippen molar-refractivity contribution in [3.63, 3.8) is 0 Å². The first-order chi connectivity index (χ1) is 8.63. The zero-order chi connectivity index (χ0) is 13.8. The van der Waals surface area contributed by atoms with Gasteiger partial charge in [-0.2, -0.15) is 0 Å². The van der Waals surface area contributed by atoms with E-state index >= 15 is 0 Å². The second-order valence-corrected chi connectivity index (χ2v) is 4.79. The molecule has 0 saturated carbocycles. The summed E-state index contributed by atoms with van der Waals surface area (Å²) in [6.45, 7) is 8.21. The van der Waals surface area contributed by atoms with E-state index in [9.17, 15) is 0 Å². The largest absolute Gasteiger partial charge is 0.494 e. The van der Waals surface area contributed by atoms with E-state index in [-0.39, 0.29) is 0 Å². The minimum atomic E-state index is 0.821. The van der Waals surface area contributed by atoms with Crippen molar-refractivity contribution in [2.75, 3.05) is 20.7 Å². The molecule has 0 aliphatic carbocycles. The fourth-order valence-corrected chi connectivity index (χ4v) is 1.43. The van der Waals surface area contributed by atoms with Gasteiger partial charge in [0.25, 0.3) is 0 Å². The van der Waals surface area contributed by atoms with Gasteiger partial charge in [-0.05, 0) is 38.2 Å². The van der Waals surface area contributed by atoms with Gasteiger partial charge < -0.3 is 9.64 Å². The Hall–Kier alpha value is -1.02. The lowest BCUT2D eigenvalue weighted by Crippen LogP contribution is -2.10. The maximum atomic E-state index is 5.65. The van der Waals surface area contributed by atoms with E-state index in [1.165, 1.54) is 18.4 Å². The quantitative estimate of drug-likeness (QED) is 0.697. The summed E-state index contributed by atoms with van der Waals surface area (Å²) in [5.74, 6) is 0.989. The van der Waals surface area contributed by atoms with Gasteiger partial charge in [0.15, 0.2) is 0 Å². The average molecular weight is 251 g/mol. The smallest absolute Gasteiger partial charge is 0.119 e. The van der Waals surface area contributed by atoms with Crippen LogP contribution in [0.2, 0.25) is 0 Å². The number of hydrogen-bond acceptors (Lipinski definition) is 2. The third-order valence-electron chi connectivity index (χ3n) is 2.16. The fraction of sp³-hybridized carbons (Fsp3) is 0.625. The molecule has 0 aliphatic heterocycles. The molecule has 0 fully saturated rings. The standard InChI is InChI=1S/C13H21NO.C3H8/c1-4-5-9-15-13-8-6-7-12(10-13)11-14(2)3;1-3-2/h6-8,10H,4-5,9,11H2,1-3H3;3H2,1-2H3. The Kier molecular flexibility index (Phi) is 10.5. The van der Waals surface area contributed by atoms with Crippen LogP contribution in [-0.4, -0.2) is 25.6 Å². The van der Waals surface area contributed by atoms with Crippen LogP contribution in [0.15, 0.2) is 24.3 Å². The van der Waals surface area contributed by atoms with Gasteiger partial charge in [-0.1, -0.05) is 45.7 Å². The van der Waals surface area contributed by atoms with E-state index in [2.05, 4.69) is 58.0 Å². The van der Waals surface area contributed by atoms with E-state index in [1.807, 2.05) is 6.07 Å². The molecule has 0 radical (unpaired) electrons. The van der Waals surface area contributed by atoms with E-state index in [0.717, 1.165) is 25.3 Å². The molecule has 0 N–H and O–H groups in total. The molecule has 1 aromatic rings. The van der Waals surface area contributed by atoms with Crippen molar-refractivity contribution in [2.24, 2.45) is 0 Å². The number of nitrogens with zero attached hydrogens (tertiary/aromatic N) is 1. The van der Waals surface area contributed by atoms with Crippen LogP contribution in [-0.2, 0) is 6.54 Å². The van der Waals surface area contributed by atoms with Gasteiger partial charge in [0.1, 0.15) is 5.75 Å². The predicted molar refractivity (Wildman–Crippen MR) is 80.2 cm³/mol. The van der Waals surface area contributed by atoms with Crippen LogP contribution >= 0.6 is 0 Å². The Morgan fingerprint density at radius 2 is 1.78 bits per heavy atom. The van der Waals surface area contributed by atoms with E-state index < -0.39 is 0 Å². The zero-order valence-corrected chi connectivity index (χ0v) is 12.7. The molecule has 0 aliphatic rings. The highest BCUT2D eigenvalue weighted by atomic mass is 16.5. The zero-order valence-electron chi connectivity index (χ0n) is 12.7. The van der Waals surface area contributed by atoms with Crippen molar-refractivity contribution >= 4 is 0 Å². The first kappa shape index (κ1) is 17.0. The van der Waals surface area contributed by atoms with Gasteiger partial charge in [-0.25, -0.2) is 0 Å². The van der Waals surface area contributed by atoms with E-state index in [0.29, 0.717) is 0 Å². The molecule has 1 aromatic carbocycles. The van der Waals surface area contributed by atoms with Crippen molar-refractivity contribution in [1.29, 1.82) is 0 Å². The maximum Gasteiger partial charge on any atom is 0.119 e. The number of hydrogen-bond donors (Lipinski definition) is 0. The third-order valence-corrected chi connectivity index (χ3v) is 2.16. The molecule has 104 valence electrons. The van der Waals surface area contributed by atoms with Gasteiger partial charge in [0, 0.05) is 6.54 Å². The summed E-state index contributed by atoms with van der Waals surface area (Å²) in [7, 11) is 4.15. The van der Waals surface area contributed by atoms with Gasteiger partial charge in [-0.3, -0.25) is 0 Å². The van der Waals surface area contributed by atoms with Crippen molar-refractivity contribution in [2.45, 2.75) is 46.6 Å². The SMILES string of the molecule is CCC.CCCCOc1cccc(CN(C)C)c1. The average Bonchev–Trinajstić information content (AvgIpc) is 2.30. The van der Waals surface area contributed by atoms with Crippen molar-refractivity contribution in [1.82, 2.24) is 4.90 Å². The lowest BCUT2D eigenvalue weighted by molar-refractivity contribution is 0.308. The molecule has 18 heavy (non-hydrogen) atoms. The molecule has 0 saturated heterocycles. The monoisotopic (exact) mass is 251 g/mol. The van der Waals surface area contributed by atoms with Crippen molar-refractivity contribution in [3.8, 4) is 5.75 Å². The van der Waals surface area contributed by atoms with Crippen LogP contribution in [0.1, 0.15) is 45.6 Å². The summed E-state index contributed by atoms with van der Waals surface area (Å²) >= 11 is 0. The Morgan fingerprint density at radius 1 is 1.11 bits per heavy atom. The Bertz CT molecular complexity index is 297. The van der Waals surface area contributed by atoms with Crippen LogP contribution in [0.5, 0.6) is 5.75 Å². The maximum absolute atomic E-state index is 5.65. The molecule has 0 atom stereocenters. The van der Waals surface area contributed by atoms with E-state index in [4.69, 9.17) is 4.74 Å². The topological polar surface area (TPSA) is 12.5 Å². The van der Waals surface area contributed by atoms with Gasteiger partial charge >= 0.3 is 0 Å². The molecule has 2 heteroatoms. The minimum absolute atomic E-state index is 0.821. The van der Waals surface area contributed by atoms with Gasteiger partial charge in [0.2, 0.25) is 0 Å². The Labute approximate surface area is 113 Å². The molecule has 0 unspecified atom stereocenters. The number of rotatable bonds is 6. The van der Waals surface area contributed by atoms with Crippen molar-refractivity contribution in [3.05, 3.63) is 29.8 Å². The summed E-state index contributed by atoms with van der Waals surface area (Å²) < 4.78 is 5.65. The van der Waals surface area contributed by atoms with Gasteiger partial charge in [0.05, 0.1) is 6.61 Å². The van der Waals surface area contributed by atoms with Crippen LogP contribution in [0, 0.1) is 0 Å². The number of unbranched alkanes of at least 4 members (excludes halogenated alkanes) is 1. The summed E-state index contributed by atoms with van der Waals surface area (Å²) in [6.07, 6.45) is 3.55. The van der Waals surface area contributed by atoms with E-state index in [1.54, 1.807) is 0 Å². The normalized spacial score (nSPS) is 9.89. The molecule has 0 amide bonds. The summed E-state index contributed by atoms with van der Waals surface area (Å²) in [4.78, 5) is 2.16. The fourth-order valence-electron chi connectivity index (χ4n) is 1.43. The first-order valence-electron chi connectivity index (χ1n) is 7.00. The van der Waals surface area contributed by atoms with Crippen LogP contribution in [0.25, 0.3) is 0 Å². The molecule has 0 bridgehead atoms. The molecule has 2 nitrogen and oxygen atoms in total. The minimum Gasteiger partial charge on any atom is -0.494 e. The summed E-state index contributed by atoms with van der Waals surface area (Å²) in [5.41, 5.74) is 1.30. The molecule has 0 aromatic heterocycles. The van der Waals surface area contributed by atoms with Crippen molar-refractivity contribution < 1.29 is 4.74 Å². The lowest BCUT2D eigenvalue weighted by atomic mass is 10.2. The first-order valence-corrected chi connectivity index (χ1v) is 7.00. The second-order valence-electron chi connectivity index (χ2n) is 4.79. The molecular weight excluding hydrogens is 222 g/mol.